The monoisotopic (exact) mass is 407 g/mol. The highest BCUT2D eigenvalue weighted by molar-refractivity contribution is 5.92. The molecule has 0 bridgehead atoms. The molecule has 158 valence electrons. The summed E-state index contributed by atoms with van der Waals surface area (Å²) in [5.74, 6) is 0.0873. The largest absolute Gasteiger partial charge is 0.341 e. The Balaban J connectivity index is 1.25. The zero-order valence-corrected chi connectivity index (χ0v) is 17.3. The van der Waals surface area contributed by atoms with E-state index in [2.05, 4.69) is 28.1 Å². The Morgan fingerprint density at radius 2 is 1.90 bits per heavy atom. The van der Waals surface area contributed by atoms with Gasteiger partial charge in [0.15, 0.2) is 0 Å². The zero-order chi connectivity index (χ0) is 20.9. The van der Waals surface area contributed by atoms with E-state index in [1.54, 1.807) is 6.20 Å². The van der Waals surface area contributed by atoms with E-state index in [0.29, 0.717) is 32.4 Å². The Morgan fingerprint density at radius 3 is 2.57 bits per heavy atom. The number of carbonyl (C=O) groups is 2. The molecule has 7 nitrogen and oxygen atoms in total. The van der Waals surface area contributed by atoms with Crippen molar-refractivity contribution in [3.05, 3.63) is 59.9 Å². The van der Waals surface area contributed by atoms with Gasteiger partial charge in [0.2, 0.25) is 11.8 Å². The molecule has 2 aliphatic rings. The molecule has 0 spiro atoms. The van der Waals surface area contributed by atoms with Crippen LogP contribution in [0.25, 0.3) is 0 Å². The lowest BCUT2D eigenvalue weighted by Gasteiger charge is -2.32. The van der Waals surface area contributed by atoms with E-state index in [0.717, 1.165) is 17.7 Å². The van der Waals surface area contributed by atoms with Gasteiger partial charge in [0.1, 0.15) is 6.04 Å². The first kappa shape index (κ1) is 20.5. The number of hydrazine groups is 1. The van der Waals surface area contributed by atoms with Crippen LogP contribution in [0, 0.1) is 5.92 Å². The van der Waals surface area contributed by atoms with Crippen molar-refractivity contribution in [3.8, 4) is 0 Å². The van der Waals surface area contributed by atoms with Crippen LogP contribution in [0.3, 0.4) is 0 Å². The number of benzene rings is 1. The van der Waals surface area contributed by atoms with Crippen LogP contribution in [0.2, 0.25) is 0 Å². The molecule has 2 amide bonds. The highest BCUT2D eigenvalue weighted by atomic mass is 16.2. The van der Waals surface area contributed by atoms with Gasteiger partial charge in [-0.3, -0.25) is 14.6 Å². The van der Waals surface area contributed by atoms with Gasteiger partial charge < -0.3 is 10.2 Å². The molecule has 30 heavy (non-hydrogen) atoms. The maximum atomic E-state index is 12.9. The molecule has 2 aliphatic heterocycles. The van der Waals surface area contributed by atoms with Crippen molar-refractivity contribution in [2.45, 2.75) is 44.7 Å². The SMILES string of the molecule is CCc1ccc(NC(=O)C2CCN(C(=O)C3CC(c4cccnc4)NN3)CC2)cc1. The first-order valence-electron chi connectivity index (χ1n) is 10.7. The van der Waals surface area contributed by atoms with Crippen molar-refractivity contribution in [1.29, 1.82) is 0 Å². The van der Waals surface area contributed by atoms with E-state index >= 15 is 0 Å². The number of nitrogens with one attached hydrogen (secondary N) is 3. The van der Waals surface area contributed by atoms with Gasteiger partial charge in [-0.05, 0) is 55.0 Å². The van der Waals surface area contributed by atoms with Gasteiger partial charge in [-0.25, -0.2) is 10.9 Å². The summed E-state index contributed by atoms with van der Waals surface area (Å²) in [5.41, 5.74) is 9.49. The number of anilines is 1. The third-order valence-electron chi connectivity index (χ3n) is 6.10. The Kier molecular flexibility index (Phi) is 6.40. The number of amides is 2. The summed E-state index contributed by atoms with van der Waals surface area (Å²) in [5, 5.41) is 3.02. The van der Waals surface area contributed by atoms with E-state index in [4.69, 9.17) is 0 Å². The van der Waals surface area contributed by atoms with Crippen molar-refractivity contribution in [2.75, 3.05) is 18.4 Å². The standard InChI is InChI=1S/C23H29N5O2/c1-2-16-5-7-19(8-6-16)25-22(29)17-9-12-28(13-10-17)23(30)21-14-20(26-27-21)18-4-3-11-24-15-18/h3-8,11,15,17,20-21,26-27H,2,9-10,12-14H2,1H3,(H,25,29). The predicted octanol–water partition coefficient (Wildman–Crippen LogP) is 2.43. The topological polar surface area (TPSA) is 86.4 Å². The molecule has 0 radical (unpaired) electrons. The first-order valence-corrected chi connectivity index (χ1v) is 10.7. The van der Waals surface area contributed by atoms with Crippen LogP contribution >= 0.6 is 0 Å². The van der Waals surface area contributed by atoms with Crippen LogP contribution < -0.4 is 16.2 Å². The average Bonchev–Trinajstić information content (AvgIpc) is 3.30. The third kappa shape index (κ3) is 4.68. The number of rotatable bonds is 5. The summed E-state index contributed by atoms with van der Waals surface area (Å²) in [6.45, 7) is 3.34. The molecule has 3 heterocycles. The minimum Gasteiger partial charge on any atom is -0.341 e. The molecule has 1 aromatic carbocycles. The minimum absolute atomic E-state index is 0.0450. The van der Waals surface area contributed by atoms with Crippen LogP contribution in [0.4, 0.5) is 5.69 Å². The number of aryl methyl sites for hydroxylation is 1. The number of piperidine rings is 1. The lowest BCUT2D eigenvalue weighted by molar-refractivity contribution is -0.136. The Bertz CT molecular complexity index is 863. The molecule has 4 rings (SSSR count). The molecule has 1 aromatic heterocycles. The van der Waals surface area contributed by atoms with Crippen molar-refractivity contribution < 1.29 is 9.59 Å². The van der Waals surface area contributed by atoms with Gasteiger partial charge in [0, 0.05) is 43.1 Å². The molecule has 2 atom stereocenters. The molecule has 2 saturated heterocycles. The molecule has 2 fully saturated rings. The van der Waals surface area contributed by atoms with Gasteiger partial charge in [-0.15, -0.1) is 0 Å². The summed E-state index contributed by atoms with van der Waals surface area (Å²) >= 11 is 0. The maximum Gasteiger partial charge on any atom is 0.241 e. The van der Waals surface area contributed by atoms with Crippen molar-refractivity contribution in [1.82, 2.24) is 20.7 Å². The van der Waals surface area contributed by atoms with Crippen molar-refractivity contribution >= 4 is 17.5 Å². The second-order valence-electron chi connectivity index (χ2n) is 8.06. The normalized spacial score (nSPS) is 22.1. The fourth-order valence-corrected chi connectivity index (χ4v) is 4.17. The summed E-state index contributed by atoms with van der Waals surface area (Å²) < 4.78 is 0. The van der Waals surface area contributed by atoms with Crippen LogP contribution in [0.1, 0.15) is 43.4 Å². The predicted molar refractivity (Wildman–Crippen MR) is 115 cm³/mol. The van der Waals surface area contributed by atoms with Gasteiger partial charge in [-0.2, -0.15) is 0 Å². The first-order chi connectivity index (χ1) is 14.6. The number of hydrogen-bond acceptors (Lipinski definition) is 5. The number of likely N-dealkylation sites (tertiary alicyclic amines) is 1. The number of aromatic nitrogens is 1. The van der Waals surface area contributed by atoms with Gasteiger partial charge >= 0.3 is 0 Å². The maximum absolute atomic E-state index is 12.9. The molecule has 2 aromatic rings. The molecular formula is C23H29N5O2. The van der Waals surface area contributed by atoms with Crippen molar-refractivity contribution in [3.63, 3.8) is 0 Å². The molecular weight excluding hydrogens is 378 g/mol. The van der Waals surface area contributed by atoms with E-state index in [9.17, 15) is 9.59 Å². The van der Waals surface area contributed by atoms with E-state index < -0.39 is 0 Å². The molecule has 0 aliphatic carbocycles. The fourth-order valence-electron chi connectivity index (χ4n) is 4.17. The summed E-state index contributed by atoms with van der Waals surface area (Å²) in [4.78, 5) is 31.6. The molecule has 7 heteroatoms. The van der Waals surface area contributed by atoms with Gasteiger partial charge in [0.05, 0.1) is 0 Å². The quantitative estimate of drug-likeness (QED) is 0.709. The number of carbonyl (C=O) groups excluding carboxylic acids is 2. The lowest BCUT2D eigenvalue weighted by atomic mass is 9.94. The lowest BCUT2D eigenvalue weighted by Crippen LogP contribution is -2.49. The Hall–Kier alpha value is -2.77. The van der Waals surface area contributed by atoms with E-state index in [1.807, 2.05) is 47.5 Å². The number of pyridine rings is 1. The zero-order valence-electron chi connectivity index (χ0n) is 17.3. The fraction of sp³-hybridized carbons (Fsp3) is 0.435. The molecule has 2 unspecified atom stereocenters. The molecule has 0 saturated carbocycles. The van der Waals surface area contributed by atoms with E-state index in [1.165, 1.54) is 5.56 Å². The van der Waals surface area contributed by atoms with Crippen LogP contribution in [0.5, 0.6) is 0 Å². The van der Waals surface area contributed by atoms with Gasteiger partial charge in [0.25, 0.3) is 0 Å². The second kappa shape index (κ2) is 9.36. The smallest absolute Gasteiger partial charge is 0.241 e. The number of nitrogens with zero attached hydrogens (tertiary/aromatic N) is 2. The Morgan fingerprint density at radius 1 is 1.13 bits per heavy atom. The van der Waals surface area contributed by atoms with Crippen LogP contribution in [-0.2, 0) is 16.0 Å². The van der Waals surface area contributed by atoms with Gasteiger partial charge in [-0.1, -0.05) is 25.1 Å². The van der Waals surface area contributed by atoms with Crippen molar-refractivity contribution in [2.24, 2.45) is 5.92 Å². The minimum atomic E-state index is -0.252. The summed E-state index contributed by atoms with van der Waals surface area (Å²) in [6, 6.07) is 11.7. The van der Waals surface area contributed by atoms with Crippen LogP contribution in [-0.4, -0.2) is 40.8 Å². The third-order valence-corrected chi connectivity index (χ3v) is 6.10. The summed E-state index contributed by atoms with van der Waals surface area (Å²) in [7, 11) is 0. The second-order valence-corrected chi connectivity index (χ2v) is 8.06. The number of hydrogen-bond donors (Lipinski definition) is 3. The molecule has 3 N–H and O–H groups in total. The van der Waals surface area contributed by atoms with Crippen LogP contribution in [0.15, 0.2) is 48.8 Å². The average molecular weight is 408 g/mol. The highest BCUT2D eigenvalue weighted by Gasteiger charge is 2.35. The highest BCUT2D eigenvalue weighted by Crippen LogP contribution is 2.25. The summed E-state index contributed by atoms with van der Waals surface area (Å²) in [6.07, 6.45) is 6.63. The Labute approximate surface area is 177 Å². The van der Waals surface area contributed by atoms with E-state index in [-0.39, 0.29) is 29.8 Å².